The third kappa shape index (κ3) is 5.07. The Bertz CT molecular complexity index is 720. The van der Waals surface area contributed by atoms with Crippen LogP contribution in [-0.2, 0) is 20.2 Å². The minimum Gasteiger partial charge on any atom is -0.349 e. The standard InChI is InChI=1S/C20H32N2O3S/c1-6-26(24,25)22-13-7-8-17(14-22)19(23)21-15(2)16-9-11-18(12-10-16)20(3,4)5/h9-12,15,17H,6-8,13-14H2,1-5H3,(H,21,23)/t15-,17+/m0/s1. The average molecular weight is 381 g/mol. The molecule has 1 fully saturated rings. The maximum atomic E-state index is 12.6. The van der Waals surface area contributed by atoms with E-state index < -0.39 is 10.0 Å². The number of rotatable bonds is 5. The summed E-state index contributed by atoms with van der Waals surface area (Å²) >= 11 is 0. The van der Waals surface area contributed by atoms with Gasteiger partial charge in [-0.05, 0) is 43.2 Å². The molecule has 1 N–H and O–H groups in total. The summed E-state index contributed by atoms with van der Waals surface area (Å²) in [5.74, 6) is -0.257. The summed E-state index contributed by atoms with van der Waals surface area (Å²) in [5.41, 5.74) is 2.41. The number of carbonyl (C=O) groups excluding carboxylic acids is 1. The summed E-state index contributed by atoms with van der Waals surface area (Å²) in [6.45, 7) is 10.9. The molecule has 1 saturated heterocycles. The Morgan fingerprint density at radius 1 is 1.27 bits per heavy atom. The van der Waals surface area contributed by atoms with Crippen LogP contribution in [0.3, 0.4) is 0 Å². The number of carbonyl (C=O) groups is 1. The van der Waals surface area contributed by atoms with E-state index in [1.807, 2.05) is 6.92 Å². The van der Waals surface area contributed by atoms with Crippen molar-refractivity contribution in [3.8, 4) is 0 Å². The second-order valence-electron chi connectivity index (χ2n) is 8.20. The predicted molar refractivity (Wildman–Crippen MR) is 105 cm³/mol. The Hall–Kier alpha value is -1.40. The van der Waals surface area contributed by atoms with Gasteiger partial charge in [-0.25, -0.2) is 12.7 Å². The molecule has 2 rings (SSSR count). The van der Waals surface area contributed by atoms with Crippen molar-refractivity contribution in [3.05, 3.63) is 35.4 Å². The zero-order valence-electron chi connectivity index (χ0n) is 16.6. The van der Waals surface area contributed by atoms with Gasteiger partial charge in [-0.2, -0.15) is 0 Å². The van der Waals surface area contributed by atoms with Crippen molar-refractivity contribution >= 4 is 15.9 Å². The molecule has 26 heavy (non-hydrogen) atoms. The van der Waals surface area contributed by atoms with Crippen LogP contribution >= 0.6 is 0 Å². The first-order chi connectivity index (χ1) is 12.0. The van der Waals surface area contributed by atoms with E-state index in [1.165, 1.54) is 9.87 Å². The SMILES string of the molecule is CCS(=O)(=O)N1CCC[C@@H](C(=O)N[C@@H](C)c2ccc(C(C)(C)C)cc2)C1. The molecule has 146 valence electrons. The van der Waals surface area contributed by atoms with Crippen LogP contribution in [0.1, 0.15) is 64.6 Å². The summed E-state index contributed by atoms with van der Waals surface area (Å²) in [6.07, 6.45) is 1.46. The quantitative estimate of drug-likeness (QED) is 0.853. The highest BCUT2D eigenvalue weighted by atomic mass is 32.2. The molecule has 1 aliphatic heterocycles. The van der Waals surface area contributed by atoms with E-state index in [0.717, 1.165) is 18.4 Å². The molecule has 0 aromatic heterocycles. The Morgan fingerprint density at radius 3 is 2.42 bits per heavy atom. The lowest BCUT2D eigenvalue weighted by Crippen LogP contribution is -2.46. The molecule has 0 bridgehead atoms. The van der Waals surface area contributed by atoms with E-state index >= 15 is 0 Å². The summed E-state index contributed by atoms with van der Waals surface area (Å²) in [5, 5.41) is 3.05. The molecular formula is C20H32N2O3S. The molecule has 0 saturated carbocycles. The van der Waals surface area contributed by atoms with Crippen molar-refractivity contribution in [2.45, 2.75) is 58.9 Å². The molecule has 0 unspecified atom stereocenters. The molecule has 6 heteroatoms. The number of amides is 1. The highest BCUT2D eigenvalue weighted by Gasteiger charge is 2.31. The van der Waals surface area contributed by atoms with Gasteiger partial charge < -0.3 is 5.32 Å². The average Bonchev–Trinajstić information content (AvgIpc) is 2.61. The van der Waals surface area contributed by atoms with E-state index in [0.29, 0.717) is 6.54 Å². The molecule has 1 amide bonds. The van der Waals surface area contributed by atoms with Crippen LogP contribution in [0, 0.1) is 5.92 Å². The highest BCUT2D eigenvalue weighted by Crippen LogP contribution is 2.25. The Balaban J connectivity index is 2.00. The van der Waals surface area contributed by atoms with E-state index in [-0.39, 0.29) is 35.6 Å². The van der Waals surface area contributed by atoms with Gasteiger partial charge in [-0.3, -0.25) is 4.79 Å². The van der Waals surface area contributed by atoms with Crippen LogP contribution in [0.15, 0.2) is 24.3 Å². The van der Waals surface area contributed by atoms with E-state index in [1.54, 1.807) is 6.92 Å². The molecule has 0 aliphatic carbocycles. The van der Waals surface area contributed by atoms with E-state index in [4.69, 9.17) is 0 Å². The Morgan fingerprint density at radius 2 is 1.88 bits per heavy atom. The van der Waals surface area contributed by atoms with Crippen LogP contribution in [-0.4, -0.2) is 37.5 Å². The normalized spacial score (nSPS) is 20.6. The maximum Gasteiger partial charge on any atom is 0.224 e. The molecule has 0 radical (unpaired) electrons. The van der Waals surface area contributed by atoms with Gasteiger partial charge in [0.05, 0.1) is 17.7 Å². The fourth-order valence-electron chi connectivity index (χ4n) is 3.28. The molecular weight excluding hydrogens is 348 g/mol. The molecule has 1 aromatic carbocycles. The van der Waals surface area contributed by atoms with Crippen molar-refractivity contribution in [2.75, 3.05) is 18.8 Å². The van der Waals surface area contributed by atoms with Gasteiger partial charge in [-0.15, -0.1) is 0 Å². The first-order valence-corrected chi connectivity index (χ1v) is 11.0. The second kappa shape index (κ2) is 8.09. The second-order valence-corrected chi connectivity index (χ2v) is 10.5. The smallest absolute Gasteiger partial charge is 0.224 e. The summed E-state index contributed by atoms with van der Waals surface area (Å²) in [7, 11) is -3.23. The van der Waals surface area contributed by atoms with E-state index in [2.05, 4.69) is 50.4 Å². The topological polar surface area (TPSA) is 66.5 Å². The van der Waals surface area contributed by atoms with Gasteiger partial charge in [0.25, 0.3) is 0 Å². The van der Waals surface area contributed by atoms with Crippen molar-refractivity contribution in [1.82, 2.24) is 9.62 Å². The summed E-state index contributed by atoms with van der Waals surface area (Å²) in [4.78, 5) is 12.6. The number of nitrogens with one attached hydrogen (secondary N) is 1. The lowest BCUT2D eigenvalue weighted by molar-refractivity contribution is -0.126. The van der Waals surface area contributed by atoms with Crippen LogP contribution in [0.4, 0.5) is 0 Å². The molecule has 0 spiro atoms. The maximum absolute atomic E-state index is 12.6. The largest absolute Gasteiger partial charge is 0.349 e. The minimum atomic E-state index is -3.23. The van der Waals surface area contributed by atoms with E-state index in [9.17, 15) is 13.2 Å². The summed E-state index contributed by atoms with van der Waals surface area (Å²) in [6, 6.07) is 8.22. The van der Waals surface area contributed by atoms with Crippen LogP contribution in [0.25, 0.3) is 0 Å². The number of nitrogens with zero attached hydrogens (tertiary/aromatic N) is 1. The van der Waals surface area contributed by atoms with Crippen LogP contribution in [0.2, 0.25) is 0 Å². The van der Waals surface area contributed by atoms with Gasteiger partial charge in [0.1, 0.15) is 0 Å². The van der Waals surface area contributed by atoms with Crippen LogP contribution in [0.5, 0.6) is 0 Å². The predicted octanol–water partition coefficient (Wildman–Crippen LogP) is 3.22. The molecule has 5 nitrogen and oxygen atoms in total. The van der Waals surface area contributed by atoms with Gasteiger partial charge in [0.15, 0.2) is 0 Å². The molecule has 1 aliphatic rings. The molecule has 1 aromatic rings. The van der Waals surface area contributed by atoms with Crippen LogP contribution < -0.4 is 5.32 Å². The van der Waals surface area contributed by atoms with Crippen molar-refractivity contribution in [3.63, 3.8) is 0 Å². The minimum absolute atomic E-state index is 0.0617. The van der Waals surface area contributed by atoms with Gasteiger partial charge in [-0.1, -0.05) is 45.0 Å². The zero-order chi connectivity index (χ0) is 19.5. The number of hydrogen-bond acceptors (Lipinski definition) is 3. The highest BCUT2D eigenvalue weighted by molar-refractivity contribution is 7.89. The number of hydrogen-bond donors (Lipinski definition) is 1. The van der Waals surface area contributed by atoms with Gasteiger partial charge >= 0.3 is 0 Å². The third-order valence-corrected chi connectivity index (χ3v) is 7.00. The van der Waals surface area contributed by atoms with Crippen molar-refractivity contribution in [1.29, 1.82) is 0 Å². The lowest BCUT2D eigenvalue weighted by Gasteiger charge is -2.31. The number of sulfonamides is 1. The Labute approximate surface area is 158 Å². The monoisotopic (exact) mass is 380 g/mol. The first-order valence-electron chi connectivity index (χ1n) is 9.43. The molecule has 2 atom stereocenters. The fourth-order valence-corrected chi connectivity index (χ4v) is 4.46. The summed E-state index contributed by atoms with van der Waals surface area (Å²) < 4.78 is 25.6. The first kappa shape index (κ1) is 20.9. The van der Waals surface area contributed by atoms with Gasteiger partial charge in [0, 0.05) is 13.1 Å². The van der Waals surface area contributed by atoms with Crippen molar-refractivity contribution < 1.29 is 13.2 Å². The fraction of sp³-hybridized carbons (Fsp3) is 0.650. The molecule has 1 heterocycles. The zero-order valence-corrected chi connectivity index (χ0v) is 17.4. The van der Waals surface area contributed by atoms with Gasteiger partial charge in [0.2, 0.25) is 15.9 Å². The van der Waals surface area contributed by atoms with Crippen molar-refractivity contribution in [2.24, 2.45) is 5.92 Å². The Kier molecular flexibility index (Phi) is 6.51. The lowest BCUT2D eigenvalue weighted by atomic mass is 9.86. The third-order valence-electron chi connectivity index (χ3n) is 5.15. The number of piperidine rings is 1. The number of benzene rings is 1.